The van der Waals surface area contributed by atoms with Crippen LogP contribution in [0.4, 0.5) is 0 Å². The van der Waals surface area contributed by atoms with Crippen molar-refractivity contribution in [3.8, 4) is 0 Å². The average Bonchev–Trinajstić information content (AvgIpc) is 2.67. The Morgan fingerprint density at radius 2 is 2.19 bits per heavy atom. The van der Waals surface area contributed by atoms with E-state index in [1.165, 1.54) is 6.42 Å². The minimum absolute atomic E-state index is 0.00820. The number of rotatable bonds is 7. The first-order chi connectivity index (χ1) is 7.60. The highest BCUT2D eigenvalue weighted by molar-refractivity contribution is 5.85. The van der Waals surface area contributed by atoms with Crippen molar-refractivity contribution in [1.29, 1.82) is 0 Å². The molecule has 1 unspecified atom stereocenters. The van der Waals surface area contributed by atoms with E-state index in [1.54, 1.807) is 0 Å². The quantitative estimate of drug-likeness (QED) is 0.721. The van der Waals surface area contributed by atoms with Crippen LogP contribution in [-0.4, -0.2) is 18.9 Å². The van der Waals surface area contributed by atoms with Crippen LogP contribution in [0.15, 0.2) is 0 Å². The molecule has 1 heterocycles. The van der Waals surface area contributed by atoms with Gasteiger partial charge in [0.15, 0.2) is 0 Å². The van der Waals surface area contributed by atoms with Gasteiger partial charge < -0.3 is 5.32 Å². The Morgan fingerprint density at radius 3 is 2.69 bits per heavy atom. The highest BCUT2D eigenvalue weighted by Crippen LogP contribution is 2.33. The molecule has 0 amide bonds. The first-order valence-electron chi connectivity index (χ1n) is 6.85. The maximum atomic E-state index is 12.3. The maximum Gasteiger partial charge on any atom is 0.140 e. The van der Waals surface area contributed by atoms with Gasteiger partial charge in [0.2, 0.25) is 0 Å². The number of hydrogen-bond donors (Lipinski definition) is 1. The molecule has 1 N–H and O–H groups in total. The Balaban J connectivity index is 2.42. The molecule has 0 aliphatic carbocycles. The summed E-state index contributed by atoms with van der Waals surface area (Å²) < 4.78 is 0. The number of carbonyl (C=O) groups excluding carboxylic acids is 1. The van der Waals surface area contributed by atoms with Crippen molar-refractivity contribution in [2.45, 2.75) is 59.3 Å². The molecule has 2 heteroatoms. The van der Waals surface area contributed by atoms with Crippen LogP contribution in [0.25, 0.3) is 0 Å². The predicted octanol–water partition coefficient (Wildman–Crippen LogP) is 3.16. The van der Waals surface area contributed by atoms with Gasteiger partial charge in [0.1, 0.15) is 5.78 Å². The normalized spacial score (nSPS) is 25.2. The molecular formula is C14H27NO. The Hall–Kier alpha value is -0.370. The van der Waals surface area contributed by atoms with Crippen molar-refractivity contribution in [3.05, 3.63) is 0 Å². The fraction of sp³-hybridized carbons (Fsp3) is 0.929. The largest absolute Gasteiger partial charge is 0.316 e. The van der Waals surface area contributed by atoms with Crippen LogP contribution in [0.3, 0.4) is 0 Å². The van der Waals surface area contributed by atoms with E-state index in [0.717, 1.165) is 51.1 Å². The van der Waals surface area contributed by atoms with Crippen molar-refractivity contribution >= 4 is 5.78 Å². The number of hydrogen-bond acceptors (Lipinski definition) is 2. The minimum atomic E-state index is -0.00820. The Bertz CT molecular complexity index is 217. The Kier molecular flexibility index (Phi) is 5.47. The van der Waals surface area contributed by atoms with E-state index in [4.69, 9.17) is 0 Å². The lowest BCUT2D eigenvalue weighted by atomic mass is 9.76. The zero-order chi connectivity index (χ0) is 12.0. The summed E-state index contributed by atoms with van der Waals surface area (Å²) >= 11 is 0. The molecule has 0 radical (unpaired) electrons. The van der Waals surface area contributed by atoms with Gasteiger partial charge in [0.05, 0.1) is 0 Å². The van der Waals surface area contributed by atoms with Crippen molar-refractivity contribution < 1.29 is 4.79 Å². The molecule has 16 heavy (non-hydrogen) atoms. The third kappa shape index (κ3) is 3.58. The summed E-state index contributed by atoms with van der Waals surface area (Å²) in [4.78, 5) is 12.3. The smallest absolute Gasteiger partial charge is 0.140 e. The lowest BCUT2D eigenvalue weighted by molar-refractivity contribution is -0.128. The highest BCUT2D eigenvalue weighted by atomic mass is 16.1. The molecule has 0 aromatic carbocycles. The van der Waals surface area contributed by atoms with Crippen LogP contribution < -0.4 is 5.32 Å². The predicted molar refractivity (Wildman–Crippen MR) is 68.5 cm³/mol. The summed E-state index contributed by atoms with van der Waals surface area (Å²) in [6, 6.07) is 0. The second-order valence-corrected chi connectivity index (χ2v) is 5.67. The van der Waals surface area contributed by atoms with Gasteiger partial charge in [-0.1, -0.05) is 33.6 Å². The zero-order valence-corrected chi connectivity index (χ0v) is 11.1. The second kappa shape index (κ2) is 6.39. The summed E-state index contributed by atoms with van der Waals surface area (Å²) in [5.41, 5.74) is -0.00820. The van der Waals surface area contributed by atoms with Gasteiger partial charge in [-0.2, -0.15) is 0 Å². The summed E-state index contributed by atoms with van der Waals surface area (Å²) in [5, 5.41) is 3.36. The Labute approximate surface area is 100 Å². The first-order valence-corrected chi connectivity index (χ1v) is 6.85. The Morgan fingerprint density at radius 1 is 1.44 bits per heavy atom. The summed E-state index contributed by atoms with van der Waals surface area (Å²) in [5.74, 6) is 1.23. The van der Waals surface area contributed by atoms with Gasteiger partial charge in [-0.3, -0.25) is 4.79 Å². The molecule has 0 spiro atoms. The molecule has 1 rings (SSSR count). The van der Waals surface area contributed by atoms with Crippen molar-refractivity contribution in [3.63, 3.8) is 0 Å². The molecule has 1 aliphatic rings. The van der Waals surface area contributed by atoms with Crippen molar-refractivity contribution in [2.75, 3.05) is 13.1 Å². The standard InChI is InChI=1S/C14H27NO/c1-4-8-14(9-10-15-11-14)13(16)7-5-6-12(2)3/h12,15H,4-11H2,1-3H3. The number of ketones is 1. The zero-order valence-electron chi connectivity index (χ0n) is 11.1. The number of nitrogens with one attached hydrogen (secondary N) is 1. The third-order valence-electron chi connectivity index (χ3n) is 3.75. The van der Waals surface area contributed by atoms with E-state index in [0.29, 0.717) is 5.78 Å². The molecule has 0 saturated carbocycles. The molecule has 1 fully saturated rings. The van der Waals surface area contributed by atoms with E-state index in [1.807, 2.05) is 0 Å². The van der Waals surface area contributed by atoms with Crippen LogP contribution >= 0.6 is 0 Å². The molecule has 1 saturated heterocycles. The van der Waals surface area contributed by atoms with Gasteiger partial charge in [-0.05, 0) is 31.7 Å². The lowest BCUT2D eigenvalue weighted by Crippen LogP contribution is -2.33. The van der Waals surface area contributed by atoms with Crippen LogP contribution in [-0.2, 0) is 4.79 Å². The van der Waals surface area contributed by atoms with Crippen LogP contribution in [0.2, 0.25) is 0 Å². The summed E-state index contributed by atoms with van der Waals surface area (Å²) in [6.45, 7) is 8.57. The van der Waals surface area contributed by atoms with E-state index in [-0.39, 0.29) is 5.41 Å². The van der Waals surface area contributed by atoms with Crippen molar-refractivity contribution in [1.82, 2.24) is 5.32 Å². The van der Waals surface area contributed by atoms with E-state index < -0.39 is 0 Å². The van der Waals surface area contributed by atoms with Crippen LogP contribution in [0.1, 0.15) is 59.3 Å². The lowest BCUT2D eigenvalue weighted by Gasteiger charge is -2.26. The van der Waals surface area contributed by atoms with Crippen LogP contribution in [0.5, 0.6) is 0 Å². The third-order valence-corrected chi connectivity index (χ3v) is 3.75. The summed E-state index contributed by atoms with van der Waals surface area (Å²) in [7, 11) is 0. The molecule has 2 nitrogen and oxygen atoms in total. The molecule has 0 aromatic heterocycles. The molecular weight excluding hydrogens is 198 g/mol. The van der Waals surface area contributed by atoms with E-state index in [2.05, 4.69) is 26.1 Å². The average molecular weight is 225 g/mol. The van der Waals surface area contributed by atoms with Gasteiger partial charge >= 0.3 is 0 Å². The molecule has 0 aromatic rings. The topological polar surface area (TPSA) is 29.1 Å². The van der Waals surface area contributed by atoms with Gasteiger partial charge in [-0.15, -0.1) is 0 Å². The fourth-order valence-corrected chi connectivity index (χ4v) is 2.75. The SMILES string of the molecule is CCCC1(C(=O)CCCC(C)C)CCNC1. The van der Waals surface area contributed by atoms with Gasteiger partial charge in [0.25, 0.3) is 0 Å². The molecule has 1 aliphatic heterocycles. The molecule has 1 atom stereocenters. The van der Waals surface area contributed by atoms with Crippen LogP contribution in [0, 0.1) is 11.3 Å². The summed E-state index contributed by atoms with van der Waals surface area (Å²) in [6.07, 6.45) is 6.29. The maximum absolute atomic E-state index is 12.3. The minimum Gasteiger partial charge on any atom is -0.316 e. The van der Waals surface area contributed by atoms with Crippen molar-refractivity contribution in [2.24, 2.45) is 11.3 Å². The fourth-order valence-electron chi connectivity index (χ4n) is 2.75. The number of Topliss-reactive ketones (excluding diaryl/α,β-unsaturated/α-hetero) is 1. The molecule has 0 bridgehead atoms. The monoisotopic (exact) mass is 225 g/mol. The van der Waals surface area contributed by atoms with E-state index >= 15 is 0 Å². The first kappa shape index (κ1) is 13.7. The highest BCUT2D eigenvalue weighted by Gasteiger charge is 2.39. The second-order valence-electron chi connectivity index (χ2n) is 5.67. The van der Waals surface area contributed by atoms with Gasteiger partial charge in [0, 0.05) is 18.4 Å². The van der Waals surface area contributed by atoms with E-state index in [9.17, 15) is 4.79 Å². The van der Waals surface area contributed by atoms with Gasteiger partial charge in [-0.25, -0.2) is 0 Å². The number of carbonyl (C=O) groups is 1. The molecule has 94 valence electrons.